The van der Waals surface area contributed by atoms with E-state index in [0.29, 0.717) is 13.0 Å². The standard InChI is InChI=1S/C31H36Br2N2O2/c1-4-31(34(2)3,21-27(32)30(36)25-13-9-6-10-14-25)29(23-11-7-5-8-12-23)24-15-17-26(18-16-24)35-19-20-37-22-28(35)33/h5-18,27-29H,4,19-22H2,1-3H3. The van der Waals surface area contributed by atoms with Crippen molar-refractivity contribution in [3.63, 3.8) is 0 Å². The lowest BCUT2D eigenvalue weighted by Gasteiger charge is -2.47. The predicted octanol–water partition coefficient (Wildman–Crippen LogP) is 7.12. The van der Waals surface area contributed by atoms with E-state index in [1.54, 1.807) is 0 Å². The Hall–Kier alpha value is -1.99. The Bertz CT molecular complexity index is 1140. The highest BCUT2D eigenvalue weighted by atomic mass is 79.9. The fourth-order valence-electron chi connectivity index (χ4n) is 5.59. The smallest absolute Gasteiger partial charge is 0.176 e. The molecule has 0 amide bonds. The van der Waals surface area contributed by atoms with E-state index >= 15 is 0 Å². The average Bonchev–Trinajstić information content (AvgIpc) is 2.93. The van der Waals surface area contributed by atoms with Gasteiger partial charge in [-0.3, -0.25) is 4.79 Å². The highest BCUT2D eigenvalue weighted by Gasteiger charge is 2.43. The van der Waals surface area contributed by atoms with Crippen LogP contribution >= 0.6 is 31.9 Å². The molecule has 196 valence electrons. The van der Waals surface area contributed by atoms with Gasteiger partial charge < -0.3 is 14.5 Å². The van der Waals surface area contributed by atoms with Crippen LogP contribution in [0.15, 0.2) is 84.9 Å². The molecule has 1 heterocycles. The van der Waals surface area contributed by atoms with Crippen molar-refractivity contribution in [2.45, 2.75) is 41.0 Å². The molecular weight excluding hydrogens is 592 g/mol. The van der Waals surface area contributed by atoms with Crippen LogP contribution in [0, 0.1) is 0 Å². The first kappa shape index (κ1) is 28.0. The lowest BCUT2D eigenvalue weighted by molar-refractivity contribution is 0.0880. The molecule has 0 radical (unpaired) electrons. The molecule has 1 saturated heterocycles. The molecule has 3 aromatic rings. The van der Waals surface area contributed by atoms with Crippen LogP contribution < -0.4 is 4.90 Å². The van der Waals surface area contributed by atoms with E-state index in [2.05, 4.69) is 117 Å². The second kappa shape index (κ2) is 12.7. The molecule has 37 heavy (non-hydrogen) atoms. The monoisotopic (exact) mass is 626 g/mol. The van der Waals surface area contributed by atoms with Gasteiger partial charge in [0.1, 0.15) is 4.95 Å². The van der Waals surface area contributed by atoms with Gasteiger partial charge in [-0.15, -0.1) is 0 Å². The summed E-state index contributed by atoms with van der Waals surface area (Å²) in [7, 11) is 4.29. The Morgan fingerprint density at radius 1 is 1.00 bits per heavy atom. The summed E-state index contributed by atoms with van der Waals surface area (Å²) < 4.78 is 5.60. The van der Waals surface area contributed by atoms with E-state index in [1.807, 2.05) is 30.3 Å². The summed E-state index contributed by atoms with van der Waals surface area (Å²) in [5.41, 5.74) is 4.13. The van der Waals surface area contributed by atoms with Crippen LogP contribution in [0.5, 0.6) is 0 Å². The van der Waals surface area contributed by atoms with E-state index in [4.69, 9.17) is 4.74 Å². The molecule has 1 fully saturated rings. The molecule has 4 unspecified atom stereocenters. The van der Waals surface area contributed by atoms with Crippen molar-refractivity contribution in [3.05, 3.63) is 102 Å². The zero-order valence-corrected chi connectivity index (χ0v) is 25.0. The molecule has 6 heteroatoms. The minimum Gasteiger partial charge on any atom is -0.377 e. The van der Waals surface area contributed by atoms with E-state index in [-0.39, 0.29) is 27.0 Å². The Labute approximate surface area is 238 Å². The quantitative estimate of drug-likeness (QED) is 0.136. The summed E-state index contributed by atoms with van der Waals surface area (Å²) in [4.78, 5) is 18.0. The number of carbonyl (C=O) groups excluding carboxylic acids is 1. The fraction of sp³-hybridized carbons (Fsp3) is 0.387. The minimum absolute atomic E-state index is 0.0795. The number of carbonyl (C=O) groups is 1. The predicted molar refractivity (Wildman–Crippen MR) is 160 cm³/mol. The number of alkyl halides is 2. The van der Waals surface area contributed by atoms with E-state index in [1.165, 1.54) is 16.8 Å². The first-order valence-corrected chi connectivity index (χ1v) is 14.7. The molecule has 0 aromatic heterocycles. The summed E-state index contributed by atoms with van der Waals surface area (Å²) in [5, 5.41) is 0. The number of anilines is 1. The number of hydrogen-bond donors (Lipinski definition) is 0. The Kier molecular flexibility index (Phi) is 9.62. The molecule has 1 aliphatic heterocycles. The van der Waals surface area contributed by atoms with Crippen LogP contribution in [-0.2, 0) is 4.74 Å². The van der Waals surface area contributed by atoms with Crippen molar-refractivity contribution in [2.75, 3.05) is 38.8 Å². The van der Waals surface area contributed by atoms with Gasteiger partial charge in [0.25, 0.3) is 0 Å². The Morgan fingerprint density at radius 3 is 2.16 bits per heavy atom. The molecule has 0 bridgehead atoms. The van der Waals surface area contributed by atoms with Gasteiger partial charge in [-0.25, -0.2) is 0 Å². The third-order valence-corrected chi connectivity index (χ3v) is 9.18. The fourth-order valence-corrected chi connectivity index (χ4v) is 7.04. The second-order valence-corrected chi connectivity index (χ2v) is 12.1. The van der Waals surface area contributed by atoms with Crippen molar-refractivity contribution in [1.82, 2.24) is 4.90 Å². The maximum absolute atomic E-state index is 13.4. The molecule has 1 aliphatic rings. The number of rotatable bonds is 10. The molecule has 0 spiro atoms. The first-order chi connectivity index (χ1) is 17.9. The topological polar surface area (TPSA) is 32.8 Å². The summed E-state index contributed by atoms with van der Waals surface area (Å²) in [6.07, 6.45) is 1.57. The highest BCUT2D eigenvalue weighted by molar-refractivity contribution is 9.10. The molecule has 0 aliphatic carbocycles. The van der Waals surface area contributed by atoms with Crippen LogP contribution in [0.4, 0.5) is 5.69 Å². The van der Waals surface area contributed by atoms with Crippen molar-refractivity contribution in [3.8, 4) is 0 Å². The molecule has 0 saturated carbocycles. The number of hydrogen-bond acceptors (Lipinski definition) is 4. The van der Waals surface area contributed by atoms with Crippen LogP contribution in [0.2, 0.25) is 0 Å². The molecule has 3 aromatic carbocycles. The SMILES string of the molecule is CCC(CC(Br)C(=O)c1ccccc1)(C(c1ccccc1)c1ccc(N2CCOCC2Br)cc1)N(C)C. The molecule has 0 N–H and O–H groups in total. The van der Waals surface area contributed by atoms with Crippen molar-refractivity contribution in [1.29, 1.82) is 0 Å². The van der Waals surface area contributed by atoms with Crippen molar-refractivity contribution < 1.29 is 9.53 Å². The summed E-state index contributed by atoms with van der Waals surface area (Å²) >= 11 is 7.56. The maximum Gasteiger partial charge on any atom is 0.176 e. The van der Waals surface area contributed by atoms with Crippen LogP contribution in [-0.4, -0.2) is 59.9 Å². The lowest BCUT2D eigenvalue weighted by atomic mass is 9.69. The Morgan fingerprint density at radius 2 is 1.59 bits per heavy atom. The average molecular weight is 628 g/mol. The van der Waals surface area contributed by atoms with Crippen LogP contribution in [0.1, 0.15) is 47.2 Å². The molecule has 4 rings (SSSR count). The normalized spacial score (nSPS) is 19.3. The number of ketones is 1. The molecule has 4 atom stereocenters. The number of nitrogens with zero attached hydrogens (tertiary/aromatic N) is 2. The highest BCUT2D eigenvalue weighted by Crippen LogP contribution is 2.45. The minimum atomic E-state index is -0.301. The van der Waals surface area contributed by atoms with Gasteiger partial charge in [0.15, 0.2) is 5.78 Å². The van der Waals surface area contributed by atoms with Crippen LogP contribution in [0.3, 0.4) is 0 Å². The van der Waals surface area contributed by atoms with Gasteiger partial charge in [-0.05, 0) is 50.2 Å². The Balaban J connectivity index is 1.73. The largest absolute Gasteiger partial charge is 0.377 e. The van der Waals surface area contributed by atoms with Gasteiger partial charge >= 0.3 is 0 Å². The number of likely N-dealkylation sites (N-methyl/N-ethyl adjacent to an activating group) is 1. The number of Topliss-reactive ketones (excluding diaryl/α,β-unsaturated/α-hetero) is 1. The van der Waals surface area contributed by atoms with Gasteiger partial charge in [0, 0.05) is 29.3 Å². The molecular formula is C31H36Br2N2O2. The van der Waals surface area contributed by atoms with Gasteiger partial charge in [-0.2, -0.15) is 0 Å². The number of halogens is 2. The van der Waals surface area contributed by atoms with Crippen LogP contribution in [0.25, 0.3) is 0 Å². The first-order valence-electron chi connectivity index (χ1n) is 12.9. The van der Waals surface area contributed by atoms with E-state index in [0.717, 1.165) is 25.1 Å². The van der Waals surface area contributed by atoms with E-state index in [9.17, 15) is 4.79 Å². The van der Waals surface area contributed by atoms with Gasteiger partial charge in [0.2, 0.25) is 0 Å². The summed E-state index contributed by atoms with van der Waals surface area (Å²) in [5.74, 6) is 0.203. The third kappa shape index (κ3) is 6.19. The number of ether oxygens (including phenoxy) is 1. The number of benzene rings is 3. The number of morpholine rings is 1. The van der Waals surface area contributed by atoms with E-state index < -0.39 is 0 Å². The molecule has 4 nitrogen and oxygen atoms in total. The second-order valence-electron chi connectivity index (χ2n) is 9.89. The lowest BCUT2D eigenvalue weighted by Crippen LogP contribution is -2.51. The maximum atomic E-state index is 13.4. The summed E-state index contributed by atoms with van der Waals surface area (Å²) in [6.45, 7) is 4.51. The third-order valence-electron chi connectivity index (χ3n) is 7.68. The summed E-state index contributed by atoms with van der Waals surface area (Å²) in [6, 6.07) is 29.3. The van der Waals surface area contributed by atoms with Gasteiger partial charge in [0.05, 0.1) is 18.0 Å². The van der Waals surface area contributed by atoms with Gasteiger partial charge in [-0.1, -0.05) is 112 Å². The van der Waals surface area contributed by atoms with Crippen molar-refractivity contribution >= 4 is 43.3 Å². The zero-order chi connectivity index (χ0) is 26.4. The zero-order valence-electron chi connectivity index (χ0n) is 21.8. The van der Waals surface area contributed by atoms with Crippen molar-refractivity contribution in [2.24, 2.45) is 0 Å².